The Hall–Kier alpha value is -2.68. The van der Waals surface area contributed by atoms with Crippen molar-refractivity contribution in [2.24, 2.45) is 0 Å². The van der Waals surface area contributed by atoms with Gasteiger partial charge >= 0.3 is 12.1 Å². The first-order valence-corrected chi connectivity index (χ1v) is 7.96. The van der Waals surface area contributed by atoms with Gasteiger partial charge in [0.15, 0.2) is 0 Å². The van der Waals surface area contributed by atoms with Crippen LogP contribution in [0.4, 0.5) is 10.5 Å². The van der Waals surface area contributed by atoms with Gasteiger partial charge in [-0.05, 0) is 32.4 Å². The van der Waals surface area contributed by atoms with E-state index in [0.717, 1.165) is 6.07 Å². The van der Waals surface area contributed by atoms with E-state index in [1.54, 1.807) is 27.7 Å². The Morgan fingerprint density at radius 1 is 1.35 bits per heavy atom. The average molecular weight is 368 g/mol. The second-order valence-electron chi connectivity index (χ2n) is 6.83. The minimum Gasteiger partial charge on any atom is -0.478 e. The largest absolute Gasteiger partial charge is 0.478 e. The molecule has 0 aromatic heterocycles. The molecule has 9 nitrogen and oxygen atoms in total. The molecule has 0 spiro atoms. The maximum absolute atomic E-state index is 12.1. The number of methoxy groups -OCH3 is 1. The predicted molar refractivity (Wildman–Crippen MR) is 93.5 cm³/mol. The third kappa shape index (κ3) is 5.99. The predicted octanol–water partition coefficient (Wildman–Crippen LogP) is 2.94. The fourth-order valence-corrected chi connectivity index (χ4v) is 2.40. The van der Waals surface area contributed by atoms with Gasteiger partial charge in [-0.25, -0.2) is 9.59 Å². The lowest BCUT2D eigenvalue weighted by Gasteiger charge is -2.27. The molecule has 0 saturated heterocycles. The molecule has 0 saturated carbocycles. The first-order chi connectivity index (χ1) is 12.0. The Kier molecular flexibility index (Phi) is 7.08. The minimum atomic E-state index is -1.21. The van der Waals surface area contributed by atoms with Crippen LogP contribution in [0, 0.1) is 10.1 Å². The molecule has 144 valence electrons. The van der Waals surface area contributed by atoms with Gasteiger partial charge in [0.2, 0.25) is 0 Å². The molecule has 1 unspecified atom stereocenters. The van der Waals surface area contributed by atoms with E-state index in [9.17, 15) is 24.8 Å². The van der Waals surface area contributed by atoms with Gasteiger partial charge < -0.3 is 19.9 Å². The summed E-state index contributed by atoms with van der Waals surface area (Å²) in [4.78, 5) is 34.0. The lowest BCUT2D eigenvalue weighted by molar-refractivity contribution is -0.384. The first kappa shape index (κ1) is 21.4. The summed E-state index contributed by atoms with van der Waals surface area (Å²) in [6.07, 6.45) is -0.686. The summed E-state index contributed by atoms with van der Waals surface area (Å²) in [6, 6.07) is 2.87. The van der Waals surface area contributed by atoms with Crippen LogP contribution in [0.25, 0.3) is 0 Å². The number of non-ortho nitro benzene ring substituents is 1. The molecule has 0 heterocycles. The summed E-state index contributed by atoms with van der Waals surface area (Å²) in [7, 11) is 1.43. The van der Waals surface area contributed by atoms with E-state index >= 15 is 0 Å². The molecule has 2 N–H and O–H groups in total. The Morgan fingerprint density at radius 3 is 2.42 bits per heavy atom. The molecule has 1 aromatic carbocycles. The third-order valence-corrected chi connectivity index (χ3v) is 3.62. The SMILES string of the molecule is COC[C@H](NC(=O)OC(C)(C)C)C(C)c1cc([N+](=O)[O-])ccc1C(=O)O. The van der Waals surface area contributed by atoms with Crippen LogP contribution in [-0.4, -0.2) is 47.5 Å². The number of carboxylic acids is 1. The molecule has 0 bridgehead atoms. The second kappa shape index (κ2) is 8.61. The molecule has 0 aliphatic heterocycles. The number of rotatable bonds is 7. The van der Waals surface area contributed by atoms with Gasteiger partial charge in [0.05, 0.1) is 23.1 Å². The molecule has 9 heteroatoms. The quantitative estimate of drug-likeness (QED) is 0.559. The maximum Gasteiger partial charge on any atom is 0.407 e. The van der Waals surface area contributed by atoms with Gasteiger partial charge in [0, 0.05) is 25.2 Å². The molecule has 1 rings (SSSR count). The van der Waals surface area contributed by atoms with E-state index < -0.39 is 34.5 Å². The van der Waals surface area contributed by atoms with Gasteiger partial charge in [0.1, 0.15) is 5.60 Å². The molecule has 0 fully saturated rings. The number of carbonyl (C=O) groups is 2. The zero-order valence-corrected chi connectivity index (χ0v) is 15.4. The molecule has 1 amide bonds. The van der Waals surface area contributed by atoms with Crippen molar-refractivity contribution < 1.29 is 29.1 Å². The Labute approximate surface area is 151 Å². The van der Waals surface area contributed by atoms with Crippen LogP contribution in [0.3, 0.4) is 0 Å². The van der Waals surface area contributed by atoms with Crippen LogP contribution in [0.5, 0.6) is 0 Å². The standard InChI is InChI=1S/C17H24N2O7/c1-10(14(9-25-5)18-16(22)26-17(2,3)4)13-8-11(19(23)24)6-7-12(13)15(20)21/h6-8,10,14H,9H2,1-5H3,(H,18,22)(H,20,21)/t10?,14-/m0/s1. The minimum absolute atomic E-state index is 0.0716. The van der Waals surface area contributed by atoms with Crippen molar-refractivity contribution in [2.75, 3.05) is 13.7 Å². The number of nitrogens with zero attached hydrogens (tertiary/aromatic N) is 1. The first-order valence-electron chi connectivity index (χ1n) is 7.96. The van der Waals surface area contributed by atoms with Crippen LogP contribution in [0.1, 0.15) is 49.5 Å². The molecule has 1 aromatic rings. The average Bonchev–Trinajstić information content (AvgIpc) is 2.51. The number of alkyl carbamates (subject to hydrolysis) is 1. The number of amides is 1. The van der Waals surface area contributed by atoms with Gasteiger partial charge in [-0.2, -0.15) is 0 Å². The summed E-state index contributed by atoms with van der Waals surface area (Å²) < 4.78 is 10.3. The van der Waals surface area contributed by atoms with Crippen LogP contribution >= 0.6 is 0 Å². The van der Waals surface area contributed by atoms with E-state index in [1.807, 2.05) is 0 Å². The van der Waals surface area contributed by atoms with Crippen molar-refractivity contribution >= 4 is 17.7 Å². The van der Waals surface area contributed by atoms with E-state index in [0.29, 0.717) is 0 Å². The Morgan fingerprint density at radius 2 is 1.96 bits per heavy atom. The van der Waals surface area contributed by atoms with Crippen LogP contribution in [-0.2, 0) is 9.47 Å². The highest BCUT2D eigenvalue weighted by atomic mass is 16.6. The number of nitrogens with one attached hydrogen (secondary N) is 1. The monoisotopic (exact) mass is 368 g/mol. The van der Waals surface area contributed by atoms with E-state index in [1.165, 1.54) is 19.2 Å². The number of nitro groups is 1. The summed E-state index contributed by atoms with van der Waals surface area (Å²) in [5.41, 5.74) is -0.784. The van der Waals surface area contributed by atoms with Crippen molar-refractivity contribution in [1.29, 1.82) is 0 Å². The number of carboxylic acid groups (broad SMARTS) is 1. The summed E-state index contributed by atoms with van der Waals surface area (Å²) in [5, 5.41) is 23.0. The number of aromatic carboxylic acids is 1. The highest BCUT2D eigenvalue weighted by Gasteiger charge is 2.28. The van der Waals surface area contributed by atoms with Crippen molar-refractivity contribution in [3.63, 3.8) is 0 Å². The van der Waals surface area contributed by atoms with Crippen LogP contribution in [0.15, 0.2) is 18.2 Å². The Balaban J connectivity index is 3.20. The number of carbonyl (C=O) groups excluding carboxylic acids is 1. The lowest BCUT2D eigenvalue weighted by atomic mass is 9.89. The molecule has 26 heavy (non-hydrogen) atoms. The van der Waals surface area contributed by atoms with Crippen molar-refractivity contribution in [2.45, 2.75) is 45.3 Å². The van der Waals surface area contributed by atoms with E-state index in [-0.39, 0.29) is 23.4 Å². The van der Waals surface area contributed by atoms with Crippen LogP contribution < -0.4 is 5.32 Å². The van der Waals surface area contributed by atoms with Gasteiger partial charge in [0.25, 0.3) is 5.69 Å². The summed E-state index contributed by atoms with van der Waals surface area (Å²) in [6.45, 7) is 6.87. The second-order valence-corrected chi connectivity index (χ2v) is 6.83. The van der Waals surface area contributed by atoms with Gasteiger partial charge in [-0.1, -0.05) is 6.92 Å². The number of hydrogen-bond donors (Lipinski definition) is 2. The summed E-state index contributed by atoms with van der Waals surface area (Å²) in [5.74, 6) is -1.79. The fraction of sp³-hybridized carbons (Fsp3) is 0.529. The van der Waals surface area contributed by atoms with E-state index in [2.05, 4.69) is 5.32 Å². The smallest absolute Gasteiger partial charge is 0.407 e. The van der Waals surface area contributed by atoms with Crippen molar-refractivity contribution in [1.82, 2.24) is 5.32 Å². The van der Waals surface area contributed by atoms with Crippen molar-refractivity contribution in [3.8, 4) is 0 Å². The Bertz CT molecular complexity index is 682. The van der Waals surface area contributed by atoms with E-state index in [4.69, 9.17) is 9.47 Å². The maximum atomic E-state index is 12.1. The molecule has 0 radical (unpaired) electrons. The molecule has 0 aliphatic rings. The normalized spacial score (nSPS) is 13.6. The summed E-state index contributed by atoms with van der Waals surface area (Å²) >= 11 is 0. The molecular weight excluding hydrogens is 344 g/mol. The lowest BCUT2D eigenvalue weighted by Crippen LogP contribution is -2.44. The molecule has 0 aliphatic carbocycles. The zero-order chi connectivity index (χ0) is 20.1. The van der Waals surface area contributed by atoms with Gasteiger partial charge in [-0.15, -0.1) is 0 Å². The zero-order valence-electron chi connectivity index (χ0n) is 15.4. The number of ether oxygens (including phenoxy) is 2. The van der Waals surface area contributed by atoms with Crippen LogP contribution in [0.2, 0.25) is 0 Å². The van der Waals surface area contributed by atoms with Crippen molar-refractivity contribution in [3.05, 3.63) is 39.4 Å². The number of benzene rings is 1. The topological polar surface area (TPSA) is 128 Å². The highest BCUT2D eigenvalue weighted by molar-refractivity contribution is 5.90. The number of hydrogen-bond acceptors (Lipinski definition) is 6. The third-order valence-electron chi connectivity index (χ3n) is 3.62. The fourth-order valence-electron chi connectivity index (χ4n) is 2.40. The molecular formula is C17H24N2O7. The molecule has 2 atom stereocenters. The number of nitro benzene ring substituents is 1. The highest BCUT2D eigenvalue weighted by Crippen LogP contribution is 2.28. The van der Waals surface area contributed by atoms with Gasteiger partial charge in [-0.3, -0.25) is 10.1 Å².